The standard InChI is InChI=1S/C17H28N2O2/c1-3-19(15-10-8-14(18)9-11-15)12-13-21-17-7-5-4-6-16(17)20-2/h4-7,14-15H,3,8-13,18H2,1-2H3. The first-order valence-corrected chi connectivity index (χ1v) is 8.00. The summed E-state index contributed by atoms with van der Waals surface area (Å²) in [5.74, 6) is 1.62. The fraction of sp³-hybridized carbons (Fsp3) is 0.647. The summed E-state index contributed by atoms with van der Waals surface area (Å²) in [6.45, 7) is 4.93. The minimum Gasteiger partial charge on any atom is -0.493 e. The Labute approximate surface area is 128 Å². The van der Waals surface area contributed by atoms with Crippen molar-refractivity contribution in [3.8, 4) is 11.5 Å². The zero-order valence-electron chi connectivity index (χ0n) is 13.3. The number of nitrogens with two attached hydrogens (primary N) is 1. The molecular weight excluding hydrogens is 264 g/mol. The highest BCUT2D eigenvalue weighted by Crippen LogP contribution is 2.26. The average molecular weight is 292 g/mol. The van der Waals surface area contributed by atoms with Crippen LogP contribution in [0.25, 0.3) is 0 Å². The summed E-state index contributed by atoms with van der Waals surface area (Å²) in [7, 11) is 1.67. The monoisotopic (exact) mass is 292 g/mol. The molecule has 1 fully saturated rings. The van der Waals surface area contributed by atoms with Crippen molar-refractivity contribution in [3.63, 3.8) is 0 Å². The Hall–Kier alpha value is -1.26. The van der Waals surface area contributed by atoms with Gasteiger partial charge in [0, 0.05) is 18.6 Å². The van der Waals surface area contributed by atoms with Gasteiger partial charge in [-0.15, -0.1) is 0 Å². The summed E-state index contributed by atoms with van der Waals surface area (Å²) >= 11 is 0. The van der Waals surface area contributed by atoms with Crippen LogP contribution in [-0.2, 0) is 0 Å². The molecule has 4 nitrogen and oxygen atoms in total. The molecule has 1 aromatic rings. The number of benzene rings is 1. The van der Waals surface area contributed by atoms with E-state index in [4.69, 9.17) is 15.2 Å². The largest absolute Gasteiger partial charge is 0.493 e. The van der Waals surface area contributed by atoms with E-state index in [0.717, 1.165) is 37.4 Å². The van der Waals surface area contributed by atoms with Crippen molar-refractivity contribution < 1.29 is 9.47 Å². The van der Waals surface area contributed by atoms with E-state index in [1.165, 1.54) is 12.8 Å². The Morgan fingerprint density at radius 3 is 2.43 bits per heavy atom. The fourth-order valence-corrected chi connectivity index (χ4v) is 3.08. The molecule has 1 saturated carbocycles. The number of likely N-dealkylation sites (N-methyl/N-ethyl adjacent to an activating group) is 1. The molecule has 0 aliphatic heterocycles. The van der Waals surface area contributed by atoms with Crippen LogP contribution in [0.1, 0.15) is 32.6 Å². The number of hydrogen-bond acceptors (Lipinski definition) is 4. The summed E-state index contributed by atoms with van der Waals surface area (Å²) in [5, 5.41) is 0. The lowest BCUT2D eigenvalue weighted by Crippen LogP contribution is -2.42. The third-order valence-corrected chi connectivity index (χ3v) is 4.37. The van der Waals surface area contributed by atoms with Crippen LogP contribution in [0.4, 0.5) is 0 Å². The van der Waals surface area contributed by atoms with Gasteiger partial charge in [-0.05, 0) is 44.4 Å². The molecular formula is C17H28N2O2. The Morgan fingerprint density at radius 1 is 1.14 bits per heavy atom. The molecule has 0 atom stereocenters. The van der Waals surface area contributed by atoms with Crippen LogP contribution in [0.5, 0.6) is 11.5 Å². The molecule has 1 aliphatic carbocycles. The second-order valence-corrected chi connectivity index (χ2v) is 5.70. The number of rotatable bonds is 7. The Balaban J connectivity index is 1.80. The van der Waals surface area contributed by atoms with Gasteiger partial charge in [-0.2, -0.15) is 0 Å². The van der Waals surface area contributed by atoms with Gasteiger partial charge in [-0.1, -0.05) is 19.1 Å². The Bertz CT molecular complexity index is 417. The Kier molecular flexibility index (Phi) is 6.33. The van der Waals surface area contributed by atoms with E-state index in [1.807, 2.05) is 24.3 Å². The number of hydrogen-bond donors (Lipinski definition) is 1. The molecule has 4 heteroatoms. The van der Waals surface area contributed by atoms with Gasteiger partial charge in [0.05, 0.1) is 7.11 Å². The summed E-state index contributed by atoms with van der Waals surface area (Å²) < 4.78 is 11.2. The molecule has 0 saturated heterocycles. The van der Waals surface area contributed by atoms with Crippen molar-refractivity contribution in [2.24, 2.45) is 5.73 Å². The van der Waals surface area contributed by atoms with Crippen LogP contribution >= 0.6 is 0 Å². The summed E-state index contributed by atoms with van der Waals surface area (Å²) in [6, 6.07) is 8.87. The van der Waals surface area contributed by atoms with Crippen LogP contribution in [0.2, 0.25) is 0 Å². The van der Waals surface area contributed by atoms with Gasteiger partial charge in [-0.25, -0.2) is 0 Å². The molecule has 0 bridgehead atoms. The SMILES string of the molecule is CCN(CCOc1ccccc1OC)C1CCC(N)CC1. The molecule has 21 heavy (non-hydrogen) atoms. The van der Waals surface area contributed by atoms with E-state index < -0.39 is 0 Å². The van der Waals surface area contributed by atoms with E-state index in [0.29, 0.717) is 18.7 Å². The first-order chi connectivity index (χ1) is 10.2. The lowest BCUT2D eigenvalue weighted by molar-refractivity contribution is 0.131. The highest BCUT2D eigenvalue weighted by atomic mass is 16.5. The summed E-state index contributed by atoms with van der Waals surface area (Å²) in [6.07, 6.45) is 4.72. The minimum atomic E-state index is 0.407. The van der Waals surface area contributed by atoms with Crippen molar-refractivity contribution in [1.29, 1.82) is 0 Å². The lowest BCUT2D eigenvalue weighted by atomic mass is 9.91. The van der Waals surface area contributed by atoms with Crippen molar-refractivity contribution in [3.05, 3.63) is 24.3 Å². The Morgan fingerprint density at radius 2 is 1.81 bits per heavy atom. The number of ether oxygens (including phenoxy) is 2. The first-order valence-electron chi connectivity index (χ1n) is 8.00. The van der Waals surface area contributed by atoms with Gasteiger partial charge >= 0.3 is 0 Å². The van der Waals surface area contributed by atoms with E-state index in [2.05, 4.69) is 11.8 Å². The topological polar surface area (TPSA) is 47.7 Å². The van der Waals surface area contributed by atoms with Gasteiger partial charge < -0.3 is 15.2 Å². The predicted molar refractivity (Wildman–Crippen MR) is 86.0 cm³/mol. The van der Waals surface area contributed by atoms with Crippen molar-refractivity contribution >= 4 is 0 Å². The highest BCUT2D eigenvalue weighted by Gasteiger charge is 2.23. The quantitative estimate of drug-likeness (QED) is 0.839. The smallest absolute Gasteiger partial charge is 0.161 e. The predicted octanol–water partition coefficient (Wildman–Crippen LogP) is 2.67. The maximum atomic E-state index is 5.99. The van der Waals surface area contributed by atoms with Crippen molar-refractivity contribution in [1.82, 2.24) is 4.90 Å². The molecule has 0 spiro atoms. The molecule has 1 aromatic carbocycles. The van der Waals surface area contributed by atoms with Crippen LogP contribution < -0.4 is 15.2 Å². The molecule has 0 unspecified atom stereocenters. The van der Waals surface area contributed by atoms with E-state index in [1.54, 1.807) is 7.11 Å². The zero-order chi connectivity index (χ0) is 15.1. The molecule has 1 aliphatic rings. The van der Waals surface area contributed by atoms with Crippen LogP contribution in [0.3, 0.4) is 0 Å². The normalized spacial score (nSPS) is 22.3. The van der Waals surface area contributed by atoms with Crippen molar-refractivity contribution in [2.75, 3.05) is 26.8 Å². The van der Waals surface area contributed by atoms with Gasteiger partial charge in [0.25, 0.3) is 0 Å². The molecule has 118 valence electrons. The maximum Gasteiger partial charge on any atom is 0.161 e. The average Bonchev–Trinajstić information content (AvgIpc) is 2.53. The van der Waals surface area contributed by atoms with Gasteiger partial charge in [0.15, 0.2) is 11.5 Å². The third-order valence-electron chi connectivity index (χ3n) is 4.37. The van der Waals surface area contributed by atoms with Gasteiger partial charge in [0.1, 0.15) is 6.61 Å². The second-order valence-electron chi connectivity index (χ2n) is 5.70. The summed E-state index contributed by atoms with van der Waals surface area (Å²) in [5.41, 5.74) is 5.99. The number of para-hydroxylation sites is 2. The molecule has 0 heterocycles. The van der Waals surface area contributed by atoms with E-state index >= 15 is 0 Å². The molecule has 2 rings (SSSR count). The molecule has 0 amide bonds. The van der Waals surface area contributed by atoms with Gasteiger partial charge in [0.2, 0.25) is 0 Å². The number of methoxy groups -OCH3 is 1. The zero-order valence-corrected chi connectivity index (χ0v) is 13.3. The third kappa shape index (κ3) is 4.61. The van der Waals surface area contributed by atoms with E-state index in [9.17, 15) is 0 Å². The second kappa shape index (κ2) is 8.25. The molecule has 0 radical (unpaired) electrons. The van der Waals surface area contributed by atoms with Crippen LogP contribution in [-0.4, -0.2) is 43.8 Å². The van der Waals surface area contributed by atoms with Crippen LogP contribution in [0.15, 0.2) is 24.3 Å². The fourth-order valence-electron chi connectivity index (χ4n) is 3.08. The molecule has 2 N–H and O–H groups in total. The first kappa shape index (κ1) is 16.1. The van der Waals surface area contributed by atoms with Crippen LogP contribution in [0, 0.1) is 0 Å². The summed E-state index contributed by atoms with van der Waals surface area (Å²) in [4.78, 5) is 2.52. The maximum absolute atomic E-state index is 5.99. The lowest BCUT2D eigenvalue weighted by Gasteiger charge is -2.35. The minimum absolute atomic E-state index is 0.407. The van der Waals surface area contributed by atoms with Crippen molar-refractivity contribution in [2.45, 2.75) is 44.7 Å². The molecule has 0 aromatic heterocycles. The van der Waals surface area contributed by atoms with Gasteiger partial charge in [-0.3, -0.25) is 4.90 Å². The number of nitrogens with zero attached hydrogens (tertiary/aromatic N) is 1. The highest BCUT2D eigenvalue weighted by molar-refractivity contribution is 5.39. The van der Waals surface area contributed by atoms with E-state index in [-0.39, 0.29) is 0 Å².